The highest BCUT2D eigenvalue weighted by atomic mass is 16.3. The fraction of sp³-hybridized carbons (Fsp3) is 0.273. The molecule has 5 rings (SSSR count). The Bertz CT molecular complexity index is 1460. The molecular weight excluding hydrogens is 424 g/mol. The lowest BCUT2D eigenvalue weighted by atomic mass is 10.1. The molecule has 0 aliphatic rings. The largest absolute Gasteiger partial charge is 0.451 e. The SMILES string of the molecule is CCn1cc2[nH]c(=O)c(-c3nc4ccc(NCCO)cc4[nH]3)c(NC(C)c3cocn3)c2n1. The van der Waals surface area contributed by atoms with E-state index in [-0.39, 0.29) is 18.2 Å². The molecule has 0 bridgehead atoms. The van der Waals surface area contributed by atoms with Crippen molar-refractivity contribution >= 4 is 33.4 Å². The molecule has 0 amide bonds. The van der Waals surface area contributed by atoms with Crippen molar-refractivity contribution in [2.45, 2.75) is 26.4 Å². The number of H-pyrrole nitrogens is 2. The number of aromatic amines is 2. The molecule has 0 aliphatic carbocycles. The lowest BCUT2D eigenvalue weighted by Gasteiger charge is -2.15. The molecular formula is C22H24N8O3. The van der Waals surface area contributed by atoms with Gasteiger partial charge in [-0.15, -0.1) is 0 Å². The van der Waals surface area contributed by atoms with Crippen molar-refractivity contribution in [1.29, 1.82) is 0 Å². The highest BCUT2D eigenvalue weighted by Crippen LogP contribution is 2.33. The summed E-state index contributed by atoms with van der Waals surface area (Å²) < 4.78 is 6.89. The van der Waals surface area contributed by atoms with E-state index in [9.17, 15) is 4.79 Å². The summed E-state index contributed by atoms with van der Waals surface area (Å²) in [7, 11) is 0. The van der Waals surface area contributed by atoms with Crippen LogP contribution in [0.25, 0.3) is 33.5 Å². The third-order valence-corrected chi connectivity index (χ3v) is 5.46. The maximum atomic E-state index is 13.2. The molecule has 0 radical (unpaired) electrons. The van der Waals surface area contributed by atoms with Gasteiger partial charge in [-0.3, -0.25) is 9.48 Å². The Morgan fingerprint density at radius 3 is 2.91 bits per heavy atom. The zero-order chi connectivity index (χ0) is 22.9. The van der Waals surface area contributed by atoms with Crippen LogP contribution in [0.5, 0.6) is 0 Å². The number of fused-ring (bicyclic) bond motifs is 2. The number of hydrogen-bond acceptors (Lipinski definition) is 8. The molecule has 0 saturated carbocycles. The number of aliphatic hydroxyl groups is 1. The summed E-state index contributed by atoms with van der Waals surface area (Å²) in [4.78, 5) is 28.3. The number of rotatable bonds is 8. The molecule has 0 fully saturated rings. The summed E-state index contributed by atoms with van der Waals surface area (Å²) in [5.41, 5.74) is 4.93. The van der Waals surface area contributed by atoms with E-state index >= 15 is 0 Å². The first-order valence-electron chi connectivity index (χ1n) is 10.7. The number of nitrogens with one attached hydrogen (secondary N) is 4. The van der Waals surface area contributed by atoms with Gasteiger partial charge in [0.05, 0.1) is 34.9 Å². The number of hydrogen-bond donors (Lipinski definition) is 5. The van der Waals surface area contributed by atoms with E-state index in [1.165, 1.54) is 6.39 Å². The minimum absolute atomic E-state index is 0.0325. The molecule has 1 aromatic carbocycles. The number of aromatic nitrogens is 6. The van der Waals surface area contributed by atoms with Crippen molar-refractivity contribution in [2.24, 2.45) is 0 Å². The van der Waals surface area contributed by atoms with Gasteiger partial charge in [-0.05, 0) is 32.0 Å². The Hall–Kier alpha value is -4.12. The van der Waals surface area contributed by atoms with Crippen LogP contribution in [0, 0.1) is 0 Å². The number of nitrogens with zero attached hydrogens (tertiary/aromatic N) is 4. The number of aryl methyl sites for hydroxylation is 1. The lowest BCUT2D eigenvalue weighted by Crippen LogP contribution is -2.16. The Labute approximate surface area is 187 Å². The minimum atomic E-state index is -0.286. The van der Waals surface area contributed by atoms with Crippen molar-refractivity contribution in [3.63, 3.8) is 0 Å². The maximum Gasteiger partial charge on any atom is 0.261 e. The monoisotopic (exact) mass is 448 g/mol. The lowest BCUT2D eigenvalue weighted by molar-refractivity contribution is 0.311. The molecule has 0 saturated heterocycles. The van der Waals surface area contributed by atoms with E-state index < -0.39 is 0 Å². The predicted octanol–water partition coefficient (Wildman–Crippen LogP) is 2.85. The van der Waals surface area contributed by atoms with Crippen LogP contribution in [-0.4, -0.2) is 48.0 Å². The van der Waals surface area contributed by atoms with Gasteiger partial charge in [0.2, 0.25) is 0 Å². The predicted molar refractivity (Wildman–Crippen MR) is 125 cm³/mol. The summed E-state index contributed by atoms with van der Waals surface area (Å²) in [6.07, 6.45) is 4.74. The van der Waals surface area contributed by atoms with Gasteiger partial charge in [-0.25, -0.2) is 9.97 Å². The molecule has 5 N–H and O–H groups in total. The summed E-state index contributed by atoms with van der Waals surface area (Å²) >= 11 is 0. The molecule has 11 nitrogen and oxygen atoms in total. The van der Waals surface area contributed by atoms with Crippen molar-refractivity contribution < 1.29 is 9.52 Å². The van der Waals surface area contributed by atoms with Gasteiger partial charge in [-0.1, -0.05) is 0 Å². The van der Waals surface area contributed by atoms with Crippen LogP contribution < -0.4 is 16.2 Å². The molecule has 1 atom stereocenters. The van der Waals surface area contributed by atoms with E-state index in [4.69, 9.17) is 9.52 Å². The highest BCUT2D eigenvalue weighted by molar-refractivity contribution is 5.96. The number of anilines is 2. The zero-order valence-electron chi connectivity index (χ0n) is 18.2. The Morgan fingerprint density at radius 2 is 2.15 bits per heavy atom. The van der Waals surface area contributed by atoms with Crippen LogP contribution in [0.3, 0.4) is 0 Å². The van der Waals surface area contributed by atoms with E-state index in [0.717, 1.165) is 11.2 Å². The fourth-order valence-electron chi connectivity index (χ4n) is 3.81. The van der Waals surface area contributed by atoms with Gasteiger partial charge in [0.25, 0.3) is 5.56 Å². The molecule has 0 aliphatic heterocycles. The highest BCUT2D eigenvalue weighted by Gasteiger charge is 2.22. The minimum Gasteiger partial charge on any atom is -0.451 e. The van der Waals surface area contributed by atoms with Gasteiger partial charge in [0.1, 0.15) is 28.9 Å². The zero-order valence-corrected chi connectivity index (χ0v) is 18.2. The van der Waals surface area contributed by atoms with Gasteiger partial charge >= 0.3 is 0 Å². The smallest absolute Gasteiger partial charge is 0.261 e. The third kappa shape index (κ3) is 3.82. The van der Waals surface area contributed by atoms with Crippen molar-refractivity contribution in [3.05, 3.63) is 53.1 Å². The second-order valence-electron chi connectivity index (χ2n) is 7.70. The Morgan fingerprint density at radius 1 is 1.27 bits per heavy atom. The van der Waals surface area contributed by atoms with Gasteiger partial charge in [-0.2, -0.15) is 5.10 Å². The van der Waals surface area contributed by atoms with Crippen LogP contribution in [-0.2, 0) is 6.54 Å². The van der Waals surface area contributed by atoms with Crippen LogP contribution in [0.2, 0.25) is 0 Å². The number of oxazole rings is 1. The quantitative estimate of drug-likeness (QED) is 0.243. The molecule has 0 spiro atoms. The number of aliphatic hydroxyl groups excluding tert-OH is 1. The van der Waals surface area contributed by atoms with Crippen molar-refractivity contribution in [2.75, 3.05) is 23.8 Å². The van der Waals surface area contributed by atoms with Crippen molar-refractivity contribution in [1.82, 2.24) is 29.7 Å². The second-order valence-corrected chi connectivity index (χ2v) is 7.70. The standard InChI is InChI=1S/C22H24N8O3/c1-3-30-9-16-19(29-30)20(25-12(2)17-10-33-11-24-17)18(22(32)28-16)21-26-14-5-4-13(23-6-7-31)8-15(14)27-21/h4-5,8-12,23,25,31H,3,6-7H2,1-2H3,(H,26,27)(H,28,32). The Balaban J connectivity index is 1.66. The van der Waals surface area contributed by atoms with Crippen molar-refractivity contribution in [3.8, 4) is 11.4 Å². The average molecular weight is 448 g/mol. The maximum absolute atomic E-state index is 13.2. The normalized spacial score (nSPS) is 12.5. The van der Waals surface area contributed by atoms with Crippen LogP contribution in [0.15, 0.2) is 46.3 Å². The molecule has 1 unspecified atom stereocenters. The van der Waals surface area contributed by atoms with Crippen LogP contribution in [0.1, 0.15) is 25.6 Å². The first-order chi connectivity index (χ1) is 16.1. The van der Waals surface area contributed by atoms with E-state index in [2.05, 4.69) is 35.7 Å². The Kier molecular flexibility index (Phi) is 5.31. The topological polar surface area (TPSA) is 150 Å². The van der Waals surface area contributed by atoms with Crippen LogP contribution in [0.4, 0.5) is 11.4 Å². The molecule has 11 heteroatoms. The summed E-state index contributed by atoms with van der Waals surface area (Å²) in [6, 6.07) is 5.40. The van der Waals surface area contributed by atoms with E-state index in [0.29, 0.717) is 52.4 Å². The average Bonchev–Trinajstić information content (AvgIpc) is 3.56. The first kappa shape index (κ1) is 20.8. The summed E-state index contributed by atoms with van der Waals surface area (Å²) in [5.74, 6) is 0.424. The molecule has 4 heterocycles. The molecule has 170 valence electrons. The molecule has 5 aromatic rings. The number of pyridine rings is 1. The molecule has 4 aromatic heterocycles. The third-order valence-electron chi connectivity index (χ3n) is 5.46. The van der Waals surface area contributed by atoms with Crippen LogP contribution >= 0.6 is 0 Å². The fourth-order valence-corrected chi connectivity index (χ4v) is 3.81. The molecule has 33 heavy (non-hydrogen) atoms. The first-order valence-corrected chi connectivity index (χ1v) is 10.7. The number of benzene rings is 1. The van der Waals surface area contributed by atoms with E-state index in [1.807, 2.05) is 38.2 Å². The second kappa shape index (κ2) is 8.43. The van der Waals surface area contributed by atoms with Gasteiger partial charge in [0, 0.05) is 25.0 Å². The van der Waals surface area contributed by atoms with Gasteiger partial charge in [0.15, 0.2) is 6.39 Å². The van der Waals surface area contributed by atoms with Gasteiger partial charge < -0.3 is 30.1 Å². The summed E-state index contributed by atoms with van der Waals surface area (Å²) in [6.45, 7) is 5.06. The number of imidazole rings is 1. The van der Waals surface area contributed by atoms with E-state index in [1.54, 1.807) is 10.9 Å². The summed E-state index contributed by atoms with van der Waals surface area (Å²) in [5, 5.41) is 20.2.